The van der Waals surface area contributed by atoms with Gasteiger partial charge in [0.1, 0.15) is 0 Å². The van der Waals surface area contributed by atoms with Crippen molar-refractivity contribution in [1.82, 2.24) is 4.90 Å². The van der Waals surface area contributed by atoms with Gasteiger partial charge in [-0.15, -0.1) is 0 Å². The van der Waals surface area contributed by atoms with Gasteiger partial charge in [0.15, 0.2) is 0 Å². The molecule has 0 atom stereocenters. The van der Waals surface area contributed by atoms with Crippen LogP contribution in [0.4, 0.5) is 4.79 Å². The Morgan fingerprint density at radius 3 is 2.33 bits per heavy atom. The molecule has 0 N–H and O–H groups in total. The van der Waals surface area contributed by atoms with Gasteiger partial charge in [-0.25, -0.2) is 0 Å². The second-order valence-corrected chi connectivity index (χ2v) is 5.73. The summed E-state index contributed by atoms with van der Waals surface area (Å²) in [5, 5.41) is -0.231. The van der Waals surface area contributed by atoms with Crippen LogP contribution in [0, 0.1) is 0 Å². The fourth-order valence-corrected chi connectivity index (χ4v) is 2.96. The number of thioether (sulfide) groups is 1. The minimum atomic E-state index is -0.241. The van der Waals surface area contributed by atoms with Crippen LogP contribution < -0.4 is 0 Å². The summed E-state index contributed by atoms with van der Waals surface area (Å²) in [6.45, 7) is 0. The molecule has 2 amide bonds. The number of nitrogens with zero attached hydrogens (tertiary/aromatic N) is 1. The summed E-state index contributed by atoms with van der Waals surface area (Å²) in [6.07, 6.45) is 1.76. The number of carbonyl (C=O) groups is 2. The van der Waals surface area contributed by atoms with Gasteiger partial charge in [0.05, 0.1) is 4.91 Å². The average Bonchev–Trinajstić information content (AvgIpc) is 2.76. The standard InChI is InChI=1S/C17H13NO2S/c1-18-16(19)15(21-17(18)20)11-12-6-5-9-14(10-12)13-7-3-2-4-8-13/h2-11H,1H3. The Bertz CT molecular complexity index is 737. The summed E-state index contributed by atoms with van der Waals surface area (Å²) in [4.78, 5) is 25.0. The van der Waals surface area contributed by atoms with E-state index in [4.69, 9.17) is 0 Å². The third kappa shape index (κ3) is 2.76. The first-order valence-corrected chi connectivity index (χ1v) is 7.34. The molecule has 0 unspecified atom stereocenters. The van der Waals surface area contributed by atoms with Crippen LogP contribution >= 0.6 is 11.8 Å². The van der Waals surface area contributed by atoms with E-state index in [9.17, 15) is 9.59 Å². The Hall–Kier alpha value is -2.33. The Labute approximate surface area is 127 Å². The number of benzene rings is 2. The summed E-state index contributed by atoms with van der Waals surface area (Å²) in [6, 6.07) is 18.0. The Balaban J connectivity index is 1.95. The highest BCUT2D eigenvalue weighted by Crippen LogP contribution is 2.31. The van der Waals surface area contributed by atoms with Gasteiger partial charge in [-0.3, -0.25) is 14.5 Å². The maximum Gasteiger partial charge on any atom is 0.293 e. The monoisotopic (exact) mass is 295 g/mol. The molecule has 2 aromatic rings. The van der Waals surface area contributed by atoms with Gasteiger partial charge in [-0.05, 0) is 40.6 Å². The zero-order valence-corrected chi connectivity index (χ0v) is 12.3. The summed E-state index contributed by atoms with van der Waals surface area (Å²) in [5.41, 5.74) is 3.12. The molecule has 104 valence electrons. The second-order valence-electron chi connectivity index (χ2n) is 4.73. The van der Waals surface area contributed by atoms with E-state index in [1.807, 2.05) is 54.6 Å². The van der Waals surface area contributed by atoms with Crippen LogP contribution in [0.1, 0.15) is 5.56 Å². The molecule has 1 aliphatic heterocycles. The van der Waals surface area contributed by atoms with E-state index < -0.39 is 0 Å². The molecule has 0 bridgehead atoms. The maximum atomic E-state index is 11.9. The predicted octanol–water partition coefficient (Wildman–Crippen LogP) is 4.02. The molecular weight excluding hydrogens is 282 g/mol. The van der Waals surface area contributed by atoms with Crippen molar-refractivity contribution in [3.63, 3.8) is 0 Å². The smallest absolute Gasteiger partial charge is 0.272 e. The van der Waals surface area contributed by atoms with Crippen molar-refractivity contribution in [3.05, 3.63) is 65.1 Å². The van der Waals surface area contributed by atoms with Crippen LogP contribution in [0.3, 0.4) is 0 Å². The Kier molecular flexibility index (Phi) is 3.62. The van der Waals surface area contributed by atoms with Gasteiger partial charge >= 0.3 is 0 Å². The number of likely N-dealkylation sites (N-methyl/N-ethyl adjacent to an activating group) is 1. The van der Waals surface area contributed by atoms with Crippen molar-refractivity contribution in [3.8, 4) is 11.1 Å². The van der Waals surface area contributed by atoms with E-state index in [-0.39, 0.29) is 11.1 Å². The third-order valence-corrected chi connectivity index (χ3v) is 4.24. The molecule has 3 nitrogen and oxygen atoms in total. The van der Waals surface area contributed by atoms with Crippen LogP contribution in [0.5, 0.6) is 0 Å². The van der Waals surface area contributed by atoms with Gasteiger partial charge in [0, 0.05) is 7.05 Å². The van der Waals surface area contributed by atoms with Gasteiger partial charge < -0.3 is 0 Å². The van der Waals surface area contributed by atoms with Gasteiger partial charge in [0.2, 0.25) is 0 Å². The van der Waals surface area contributed by atoms with Crippen molar-refractivity contribution >= 4 is 29.0 Å². The number of hydrogen-bond donors (Lipinski definition) is 0. The van der Waals surface area contributed by atoms with Crippen molar-refractivity contribution in [1.29, 1.82) is 0 Å². The number of carbonyl (C=O) groups excluding carboxylic acids is 2. The van der Waals surface area contributed by atoms with Crippen LogP contribution in [0.2, 0.25) is 0 Å². The molecule has 0 aromatic heterocycles. The zero-order valence-electron chi connectivity index (χ0n) is 11.4. The predicted molar refractivity (Wildman–Crippen MR) is 85.6 cm³/mol. The molecule has 3 rings (SSSR count). The normalized spacial score (nSPS) is 16.8. The summed E-state index contributed by atoms with van der Waals surface area (Å²) >= 11 is 0.977. The number of imide groups is 1. The molecule has 0 saturated carbocycles. The van der Waals surface area contributed by atoms with Crippen molar-refractivity contribution in [2.75, 3.05) is 7.05 Å². The maximum absolute atomic E-state index is 11.9. The van der Waals surface area contributed by atoms with Gasteiger partial charge in [-0.1, -0.05) is 48.5 Å². The first kappa shape index (κ1) is 13.6. The van der Waals surface area contributed by atoms with E-state index in [1.165, 1.54) is 7.05 Å². The van der Waals surface area contributed by atoms with Crippen molar-refractivity contribution in [2.45, 2.75) is 0 Å². The number of hydrogen-bond acceptors (Lipinski definition) is 3. The quantitative estimate of drug-likeness (QED) is 0.785. The Morgan fingerprint density at radius 1 is 0.952 bits per heavy atom. The van der Waals surface area contributed by atoms with E-state index in [0.717, 1.165) is 33.4 Å². The third-order valence-electron chi connectivity index (χ3n) is 3.28. The van der Waals surface area contributed by atoms with E-state index in [1.54, 1.807) is 6.08 Å². The first-order chi connectivity index (χ1) is 10.1. The molecule has 0 spiro atoms. The Morgan fingerprint density at radius 2 is 1.67 bits per heavy atom. The highest BCUT2D eigenvalue weighted by molar-refractivity contribution is 8.18. The number of amides is 2. The minimum absolute atomic E-state index is 0.231. The molecule has 0 aliphatic carbocycles. The molecule has 1 aliphatic rings. The summed E-state index contributed by atoms with van der Waals surface area (Å²) in [5.74, 6) is -0.241. The highest BCUT2D eigenvalue weighted by Gasteiger charge is 2.31. The molecule has 2 aromatic carbocycles. The van der Waals surface area contributed by atoms with Crippen molar-refractivity contribution in [2.24, 2.45) is 0 Å². The van der Waals surface area contributed by atoms with Crippen molar-refractivity contribution < 1.29 is 9.59 Å². The lowest BCUT2D eigenvalue weighted by Crippen LogP contribution is -2.22. The average molecular weight is 295 g/mol. The molecular formula is C17H13NO2S. The van der Waals surface area contributed by atoms with E-state index in [2.05, 4.69) is 0 Å². The summed E-state index contributed by atoms with van der Waals surface area (Å²) in [7, 11) is 1.50. The molecule has 4 heteroatoms. The summed E-state index contributed by atoms with van der Waals surface area (Å²) < 4.78 is 0. The molecule has 0 radical (unpaired) electrons. The first-order valence-electron chi connectivity index (χ1n) is 6.52. The molecule has 1 heterocycles. The molecule has 1 fully saturated rings. The lowest BCUT2D eigenvalue weighted by molar-refractivity contribution is -0.121. The minimum Gasteiger partial charge on any atom is -0.272 e. The van der Waals surface area contributed by atoms with Gasteiger partial charge in [0.25, 0.3) is 11.1 Å². The van der Waals surface area contributed by atoms with Crippen LogP contribution in [0.25, 0.3) is 17.2 Å². The van der Waals surface area contributed by atoms with Crippen LogP contribution in [0.15, 0.2) is 59.5 Å². The van der Waals surface area contributed by atoms with E-state index >= 15 is 0 Å². The topological polar surface area (TPSA) is 37.4 Å². The zero-order chi connectivity index (χ0) is 14.8. The number of rotatable bonds is 2. The lowest BCUT2D eigenvalue weighted by atomic mass is 10.0. The second kappa shape index (κ2) is 5.58. The van der Waals surface area contributed by atoms with Crippen LogP contribution in [-0.4, -0.2) is 23.1 Å². The SMILES string of the molecule is CN1C(=O)SC(=Cc2cccc(-c3ccccc3)c2)C1=O. The molecule has 21 heavy (non-hydrogen) atoms. The fraction of sp³-hybridized carbons (Fsp3) is 0.0588. The molecule has 1 saturated heterocycles. The lowest BCUT2D eigenvalue weighted by Gasteiger charge is -2.03. The van der Waals surface area contributed by atoms with Gasteiger partial charge in [-0.2, -0.15) is 0 Å². The van der Waals surface area contributed by atoms with Crippen LogP contribution in [-0.2, 0) is 4.79 Å². The highest BCUT2D eigenvalue weighted by atomic mass is 32.2. The van der Waals surface area contributed by atoms with E-state index in [0.29, 0.717) is 4.91 Å². The largest absolute Gasteiger partial charge is 0.293 e. The fourth-order valence-electron chi connectivity index (χ4n) is 2.14.